The van der Waals surface area contributed by atoms with Crippen LogP contribution in [0.15, 0.2) is 57.9 Å². The second-order valence-corrected chi connectivity index (χ2v) is 7.25. The number of benzene rings is 2. The Kier molecular flexibility index (Phi) is 5.52. The first-order valence-corrected chi connectivity index (χ1v) is 8.73. The Morgan fingerprint density at radius 1 is 1.05 bits per heavy atom. The highest BCUT2D eigenvalue weighted by atomic mass is 79.9. The molecule has 0 heterocycles. The van der Waals surface area contributed by atoms with Gasteiger partial charge in [0.15, 0.2) is 0 Å². The summed E-state index contributed by atoms with van der Waals surface area (Å²) in [7, 11) is -3.53. The molecule has 4 nitrogen and oxygen atoms in total. The number of hydrogen-bond donors (Lipinski definition) is 2. The summed E-state index contributed by atoms with van der Waals surface area (Å²) in [5, 5.41) is 8.85. The lowest BCUT2D eigenvalue weighted by Gasteiger charge is -2.08. The van der Waals surface area contributed by atoms with Gasteiger partial charge in [-0.15, -0.1) is 0 Å². The minimum Gasteiger partial charge on any atom is -0.396 e. The summed E-state index contributed by atoms with van der Waals surface area (Å²) in [4.78, 5) is 0.221. The van der Waals surface area contributed by atoms with Crippen LogP contribution in [0.3, 0.4) is 0 Å². The molecule has 0 aliphatic heterocycles. The lowest BCUT2D eigenvalue weighted by atomic mass is 10.2. The van der Waals surface area contributed by atoms with Gasteiger partial charge in [-0.25, -0.2) is 13.1 Å². The lowest BCUT2D eigenvalue weighted by molar-refractivity contribution is 0.299. The maximum absolute atomic E-state index is 12.2. The van der Waals surface area contributed by atoms with E-state index in [4.69, 9.17) is 5.11 Å². The molecule has 2 N–H and O–H groups in total. The highest BCUT2D eigenvalue weighted by Gasteiger charge is 2.13. The van der Waals surface area contributed by atoms with Crippen LogP contribution in [0.1, 0.15) is 11.1 Å². The lowest BCUT2D eigenvalue weighted by Crippen LogP contribution is -2.23. The summed E-state index contributed by atoms with van der Waals surface area (Å²) in [6.07, 6.45) is 0.520. The third-order valence-corrected chi connectivity index (χ3v) is 4.90. The van der Waals surface area contributed by atoms with Crippen LogP contribution >= 0.6 is 15.9 Å². The predicted molar refractivity (Wildman–Crippen MR) is 85.4 cm³/mol. The Morgan fingerprint density at radius 2 is 1.76 bits per heavy atom. The van der Waals surface area contributed by atoms with E-state index in [9.17, 15) is 8.42 Å². The highest BCUT2D eigenvalue weighted by Crippen LogP contribution is 2.14. The highest BCUT2D eigenvalue weighted by molar-refractivity contribution is 9.10. The van der Waals surface area contributed by atoms with E-state index in [0.29, 0.717) is 6.42 Å². The van der Waals surface area contributed by atoms with Crippen molar-refractivity contribution in [2.24, 2.45) is 0 Å². The van der Waals surface area contributed by atoms with Crippen LogP contribution in [0.5, 0.6) is 0 Å². The van der Waals surface area contributed by atoms with Gasteiger partial charge < -0.3 is 5.11 Å². The molecule has 0 radical (unpaired) electrons. The van der Waals surface area contributed by atoms with Crippen LogP contribution in [0.25, 0.3) is 0 Å². The molecule has 2 rings (SSSR count). The molecule has 0 atom stereocenters. The summed E-state index contributed by atoms with van der Waals surface area (Å²) in [5.74, 6) is 0. The van der Waals surface area contributed by atoms with Crippen molar-refractivity contribution in [1.82, 2.24) is 4.72 Å². The molecule has 0 amide bonds. The quantitative estimate of drug-likeness (QED) is 0.821. The SMILES string of the molecule is O=S(=O)(NCc1cccc(Br)c1)c1ccc(CCO)cc1. The molecule has 0 aliphatic carbocycles. The first-order valence-electron chi connectivity index (χ1n) is 6.45. The van der Waals surface area contributed by atoms with E-state index in [-0.39, 0.29) is 18.0 Å². The van der Waals surface area contributed by atoms with E-state index in [1.54, 1.807) is 24.3 Å². The van der Waals surface area contributed by atoms with Crippen LogP contribution in [-0.4, -0.2) is 20.1 Å². The summed E-state index contributed by atoms with van der Waals surface area (Å²) in [5.41, 5.74) is 1.79. The molecule has 0 fully saturated rings. The van der Waals surface area contributed by atoms with Gasteiger partial charge in [-0.05, 0) is 41.8 Å². The molecule has 0 saturated heterocycles. The Bertz CT molecular complexity index is 699. The predicted octanol–water partition coefficient (Wildman–Crippen LogP) is 2.46. The molecule has 0 spiro atoms. The smallest absolute Gasteiger partial charge is 0.240 e. The number of halogens is 1. The van der Waals surface area contributed by atoms with Crippen molar-refractivity contribution in [3.8, 4) is 0 Å². The average Bonchev–Trinajstić information content (AvgIpc) is 2.46. The van der Waals surface area contributed by atoms with Crippen molar-refractivity contribution in [3.05, 3.63) is 64.1 Å². The first kappa shape index (κ1) is 16.2. The number of hydrogen-bond acceptors (Lipinski definition) is 3. The minimum absolute atomic E-state index is 0.0488. The zero-order valence-corrected chi connectivity index (χ0v) is 13.7. The van der Waals surface area contributed by atoms with Gasteiger partial charge in [0.2, 0.25) is 10.0 Å². The van der Waals surface area contributed by atoms with Crippen molar-refractivity contribution in [3.63, 3.8) is 0 Å². The maximum atomic E-state index is 12.2. The minimum atomic E-state index is -3.53. The molecule has 0 saturated carbocycles. The summed E-state index contributed by atoms with van der Waals surface area (Å²) in [6.45, 7) is 0.285. The van der Waals surface area contributed by atoms with Crippen LogP contribution in [0.2, 0.25) is 0 Å². The summed E-state index contributed by atoms with van der Waals surface area (Å²) in [6, 6.07) is 14.0. The van der Waals surface area contributed by atoms with E-state index >= 15 is 0 Å². The molecule has 0 aliphatic rings. The fourth-order valence-corrected chi connectivity index (χ4v) is 3.34. The monoisotopic (exact) mass is 369 g/mol. The van der Waals surface area contributed by atoms with Crippen LogP contribution in [0, 0.1) is 0 Å². The number of sulfonamides is 1. The van der Waals surface area contributed by atoms with Gasteiger partial charge >= 0.3 is 0 Å². The topological polar surface area (TPSA) is 66.4 Å². The number of nitrogens with one attached hydrogen (secondary N) is 1. The van der Waals surface area contributed by atoms with Crippen molar-refractivity contribution in [2.45, 2.75) is 17.9 Å². The van der Waals surface area contributed by atoms with E-state index in [0.717, 1.165) is 15.6 Å². The van der Waals surface area contributed by atoms with Gasteiger partial charge in [0, 0.05) is 17.6 Å². The largest absolute Gasteiger partial charge is 0.396 e. The van der Waals surface area contributed by atoms with E-state index in [1.165, 1.54) is 0 Å². The standard InChI is InChI=1S/C15H16BrNO3S/c16-14-3-1-2-13(10-14)11-17-21(19,20)15-6-4-12(5-7-15)8-9-18/h1-7,10,17-18H,8-9,11H2. The second kappa shape index (κ2) is 7.17. The van der Waals surface area contributed by atoms with Gasteiger partial charge in [-0.3, -0.25) is 0 Å². The molecular formula is C15H16BrNO3S. The first-order chi connectivity index (χ1) is 10.0. The van der Waals surface area contributed by atoms with E-state index in [2.05, 4.69) is 20.7 Å². The van der Waals surface area contributed by atoms with Crippen molar-refractivity contribution >= 4 is 26.0 Å². The van der Waals surface area contributed by atoms with Crippen LogP contribution in [-0.2, 0) is 23.0 Å². The Labute approximate surface area is 133 Å². The molecule has 2 aromatic carbocycles. The molecule has 0 aromatic heterocycles. The average molecular weight is 370 g/mol. The molecule has 21 heavy (non-hydrogen) atoms. The summed E-state index contributed by atoms with van der Waals surface area (Å²) < 4.78 is 27.9. The van der Waals surface area contributed by atoms with Crippen molar-refractivity contribution in [2.75, 3.05) is 6.61 Å². The van der Waals surface area contributed by atoms with Gasteiger partial charge in [-0.1, -0.05) is 40.2 Å². The van der Waals surface area contributed by atoms with Crippen LogP contribution < -0.4 is 4.72 Å². The molecule has 6 heteroatoms. The molecule has 0 bridgehead atoms. The zero-order chi connectivity index (χ0) is 15.3. The second-order valence-electron chi connectivity index (χ2n) is 4.57. The number of aliphatic hydroxyl groups is 1. The normalized spacial score (nSPS) is 11.5. The van der Waals surface area contributed by atoms with Crippen molar-refractivity contribution in [1.29, 1.82) is 0 Å². The van der Waals surface area contributed by atoms with Crippen LogP contribution in [0.4, 0.5) is 0 Å². The molecular weight excluding hydrogens is 354 g/mol. The van der Waals surface area contributed by atoms with Gasteiger partial charge in [0.25, 0.3) is 0 Å². The molecule has 2 aromatic rings. The van der Waals surface area contributed by atoms with E-state index < -0.39 is 10.0 Å². The van der Waals surface area contributed by atoms with Gasteiger partial charge in [0.1, 0.15) is 0 Å². The van der Waals surface area contributed by atoms with Gasteiger partial charge in [0.05, 0.1) is 4.90 Å². The third kappa shape index (κ3) is 4.64. The fraction of sp³-hybridized carbons (Fsp3) is 0.200. The zero-order valence-electron chi connectivity index (χ0n) is 11.3. The molecule has 112 valence electrons. The Balaban J connectivity index is 2.07. The Morgan fingerprint density at radius 3 is 2.38 bits per heavy atom. The van der Waals surface area contributed by atoms with Gasteiger partial charge in [-0.2, -0.15) is 0 Å². The van der Waals surface area contributed by atoms with Crippen molar-refractivity contribution < 1.29 is 13.5 Å². The Hall–Kier alpha value is -1.21. The summed E-state index contributed by atoms with van der Waals surface area (Å²) >= 11 is 3.35. The number of rotatable bonds is 6. The van der Waals surface area contributed by atoms with E-state index in [1.807, 2.05) is 24.3 Å². The molecule has 0 unspecified atom stereocenters. The maximum Gasteiger partial charge on any atom is 0.240 e. The fourth-order valence-electron chi connectivity index (χ4n) is 1.87. The third-order valence-electron chi connectivity index (χ3n) is 2.99. The number of aliphatic hydroxyl groups excluding tert-OH is 1.